The third kappa shape index (κ3) is 3.25. The van der Waals surface area contributed by atoms with Crippen LogP contribution in [0.25, 0.3) is 0 Å². The van der Waals surface area contributed by atoms with Gasteiger partial charge >= 0.3 is 0 Å². The van der Waals surface area contributed by atoms with Crippen LogP contribution in [0.1, 0.15) is 24.2 Å². The second-order valence-electron chi connectivity index (χ2n) is 3.90. The number of aromatic nitrogens is 2. The number of nitrogens with zero attached hydrogens (tertiary/aromatic N) is 2. The van der Waals surface area contributed by atoms with Crippen molar-refractivity contribution >= 4 is 23.3 Å². The summed E-state index contributed by atoms with van der Waals surface area (Å²) in [5.74, 6) is -0.388. The van der Waals surface area contributed by atoms with Crippen molar-refractivity contribution in [3.05, 3.63) is 46.5 Å². The summed E-state index contributed by atoms with van der Waals surface area (Å²) in [5, 5.41) is 3.46. The van der Waals surface area contributed by atoms with Crippen molar-refractivity contribution in [2.45, 2.75) is 19.4 Å². The summed E-state index contributed by atoms with van der Waals surface area (Å²) in [5.41, 5.74) is 1.77. The second kappa shape index (κ2) is 6.22. The maximum atomic E-state index is 13.4. The maximum Gasteiger partial charge on any atom is 0.142 e. The fourth-order valence-electron chi connectivity index (χ4n) is 1.76. The zero-order valence-corrected chi connectivity index (χ0v) is 11.4. The average molecular weight is 286 g/mol. The van der Waals surface area contributed by atoms with Crippen LogP contribution in [0.3, 0.4) is 0 Å². The van der Waals surface area contributed by atoms with Gasteiger partial charge in [0.2, 0.25) is 0 Å². The zero-order chi connectivity index (χ0) is 13.0. The Labute approximate surface area is 114 Å². The van der Waals surface area contributed by atoms with Crippen LogP contribution >= 0.6 is 23.3 Å². The fraction of sp³-hybridized carbons (Fsp3) is 0.333. The molecule has 0 fully saturated rings. The van der Waals surface area contributed by atoms with Gasteiger partial charge in [-0.05, 0) is 30.7 Å². The topological polar surface area (TPSA) is 37.8 Å². The van der Waals surface area contributed by atoms with E-state index in [9.17, 15) is 4.39 Å². The molecular formula is C12H13ClFN3S. The smallest absolute Gasteiger partial charge is 0.142 e. The molecule has 0 aliphatic carbocycles. The summed E-state index contributed by atoms with van der Waals surface area (Å²) in [6, 6.07) is 4.92. The Bertz CT molecular complexity index is 504. The maximum absolute atomic E-state index is 13.4. The number of likely N-dealkylation sites (N-methyl/N-ethyl adjacent to an activating group) is 1. The zero-order valence-electron chi connectivity index (χ0n) is 9.86. The lowest BCUT2D eigenvalue weighted by molar-refractivity contribution is 0.537. The molecule has 2 aromatic rings. The van der Waals surface area contributed by atoms with Gasteiger partial charge in [0.15, 0.2) is 0 Å². The molecule has 1 aromatic carbocycles. The monoisotopic (exact) mass is 285 g/mol. The summed E-state index contributed by atoms with van der Waals surface area (Å²) >= 11 is 6.84. The van der Waals surface area contributed by atoms with Gasteiger partial charge in [-0.2, -0.15) is 8.75 Å². The molecule has 0 radical (unpaired) electrons. The van der Waals surface area contributed by atoms with Gasteiger partial charge in [0.25, 0.3) is 0 Å². The van der Waals surface area contributed by atoms with E-state index < -0.39 is 0 Å². The van der Waals surface area contributed by atoms with Crippen molar-refractivity contribution < 1.29 is 4.39 Å². The van der Waals surface area contributed by atoms with Gasteiger partial charge in [0.1, 0.15) is 5.82 Å². The average Bonchev–Trinajstić information content (AvgIpc) is 2.87. The third-order valence-corrected chi connectivity index (χ3v) is 3.41. The van der Waals surface area contributed by atoms with Crippen molar-refractivity contribution in [2.24, 2.45) is 0 Å². The van der Waals surface area contributed by atoms with E-state index >= 15 is 0 Å². The molecule has 1 aromatic heterocycles. The molecule has 18 heavy (non-hydrogen) atoms. The lowest BCUT2D eigenvalue weighted by atomic mass is 10.0. The first-order chi connectivity index (χ1) is 8.70. The van der Waals surface area contributed by atoms with E-state index in [0.717, 1.165) is 17.8 Å². The van der Waals surface area contributed by atoms with Crippen molar-refractivity contribution in [1.29, 1.82) is 0 Å². The Balaban J connectivity index is 2.16. The molecule has 0 saturated heterocycles. The highest BCUT2D eigenvalue weighted by atomic mass is 35.5. The number of hydrogen-bond donors (Lipinski definition) is 1. The largest absolute Gasteiger partial charge is 0.309 e. The van der Waals surface area contributed by atoms with Crippen LogP contribution in [0, 0.1) is 5.82 Å². The third-order valence-electron chi connectivity index (χ3n) is 2.61. The quantitative estimate of drug-likeness (QED) is 0.916. The van der Waals surface area contributed by atoms with E-state index in [2.05, 4.69) is 14.1 Å². The molecule has 96 valence electrons. The SMILES string of the molecule is CCNC(Cc1ccc(Cl)c(F)c1)c1cnsn1. The van der Waals surface area contributed by atoms with Crippen LogP contribution in [0.5, 0.6) is 0 Å². The molecule has 1 heterocycles. The molecule has 0 saturated carbocycles. The van der Waals surface area contributed by atoms with E-state index in [1.165, 1.54) is 17.8 Å². The summed E-state index contributed by atoms with van der Waals surface area (Å²) in [6.07, 6.45) is 2.40. The van der Waals surface area contributed by atoms with Crippen molar-refractivity contribution in [3.63, 3.8) is 0 Å². The van der Waals surface area contributed by atoms with Crippen LogP contribution in [0.2, 0.25) is 5.02 Å². The number of halogens is 2. The molecule has 0 amide bonds. The summed E-state index contributed by atoms with van der Waals surface area (Å²) < 4.78 is 21.6. The van der Waals surface area contributed by atoms with Gasteiger partial charge in [-0.15, -0.1) is 0 Å². The van der Waals surface area contributed by atoms with Crippen molar-refractivity contribution in [3.8, 4) is 0 Å². The molecule has 1 N–H and O–H groups in total. The van der Waals surface area contributed by atoms with Gasteiger partial charge in [0.05, 0.1) is 34.7 Å². The molecule has 0 bridgehead atoms. The normalized spacial score (nSPS) is 12.6. The number of benzene rings is 1. The molecule has 2 rings (SSSR count). The van der Waals surface area contributed by atoms with Crippen LogP contribution in [0.15, 0.2) is 24.4 Å². The second-order valence-corrected chi connectivity index (χ2v) is 4.86. The van der Waals surface area contributed by atoms with Gasteiger partial charge in [0, 0.05) is 0 Å². The van der Waals surface area contributed by atoms with Crippen LogP contribution in [-0.4, -0.2) is 15.3 Å². The van der Waals surface area contributed by atoms with Crippen molar-refractivity contribution in [1.82, 2.24) is 14.1 Å². The van der Waals surface area contributed by atoms with E-state index in [4.69, 9.17) is 11.6 Å². The summed E-state index contributed by atoms with van der Waals surface area (Å²) in [7, 11) is 0. The molecule has 1 atom stereocenters. The highest BCUT2D eigenvalue weighted by Crippen LogP contribution is 2.21. The fourth-order valence-corrected chi connectivity index (χ4v) is 2.34. The first-order valence-electron chi connectivity index (χ1n) is 5.65. The van der Waals surface area contributed by atoms with E-state index in [1.807, 2.05) is 13.0 Å². The summed E-state index contributed by atoms with van der Waals surface area (Å²) in [4.78, 5) is 0. The van der Waals surface area contributed by atoms with E-state index in [-0.39, 0.29) is 16.9 Å². The molecule has 3 nitrogen and oxygen atoms in total. The van der Waals surface area contributed by atoms with Crippen LogP contribution < -0.4 is 5.32 Å². The Kier molecular flexibility index (Phi) is 4.63. The van der Waals surface area contributed by atoms with Gasteiger partial charge < -0.3 is 5.32 Å². The van der Waals surface area contributed by atoms with Crippen LogP contribution in [-0.2, 0) is 6.42 Å². The van der Waals surface area contributed by atoms with Gasteiger partial charge in [-0.3, -0.25) is 0 Å². The Hall–Kier alpha value is -1.04. The molecule has 0 spiro atoms. The molecule has 1 unspecified atom stereocenters. The highest BCUT2D eigenvalue weighted by Gasteiger charge is 2.14. The highest BCUT2D eigenvalue weighted by molar-refractivity contribution is 6.99. The first kappa shape index (κ1) is 13.4. The number of nitrogens with one attached hydrogen (secondary N) is 1. The molecular weight excluding hydrogens is 273 g/mol. The predicted molar refractivity (Wildman–Crippen MR) is 71.4 cm³/mol. The van der Waals surface area contributed by atoms with Gasteiger partial charge in [-0.25, -0.2) is 4.39 Å². The van der Waals surface area contributed by atoms with Crippen LogP contribution in [0.4, 0.5) is 4.39 Å². The Morgan fingerprint density at radius 3 is 2.94 bits per heavy atom. The Morgan fingerprint density at radius 2 is 2.33 bits per heavy atom. The van der Waals surface area contributed by atoms with Crippen molar-refractivity contribution in [2.75, 3.05) is 6.54 Å². The van der Waals surface area contributed by atoms with Gasteiger partial charge in [-0.1, -0.05) is 24.6 Å². The van der Waals surface area contributed by atoms with E-state index in [0.29, 0.717) is 6.42 Å². The lowest BCUT2D eigenvalue weighted by Crippen LogP contribution is -2.23. The number of hydrogen-bond acceptors (Lipinski definition) is 4. The first-order valence-corrected chi connectivity index (χ1v) is 6.76. The lowest BCUT2D eigenvalue weighted by Gasteiger charge is -2.15. The molecule has 6 heteroatoms. The number of rotatable bonds is 5. The summed E-state index contributed by atoms with van der Waals surface area (Å²) in [6.45, 7) is 2.84. The predicted octanol–water partition coefficient (Wildman–Crippen LogP) is 3.22. The van der Waals surface area contributed by atoms with E-state index in [1.54, 1.807) is 12.3 Å². The molecule has 0 aliphatic rings. The minimum Gasteiger partial charge on any atom is -0.309 e. The Morgan fingerprint density at radius 1 is 1.50 bits per heavy atom. The minimum absolute atomic E-state index is 0.0503. The standard InChI is InChI=1S/C12H13ClFN3S/c1-2-15-11(12-7-16-18-17-12)6-8-3-4-9(13)10(14)5-8/h3-5,7,11,15H,2,6H2,1H3. The minimum atomic E-state index is -0.388. The molecule has 0 aliphatic heterocycles.